The van der Waals surface area contributed by atoms with Crippen molar-refractivity contribution >= 4 is 21.8 Å². The summed E-state index contributed by atoms with van der Waals surface area (Å²) in [5, 5.41) is 9.10. The van der Waals surface area contributed by atoms with Crippen molar-refractivity contribution in [3.8, 4) is 0 Å². The van der Waals surface area contributed by atoms with E-state index in [-0.39, 0.29) is 28.4 Å². The van der Waals surface area contributed by atoms with Crippen molar-refractivity contribution in [2.75, 3.05) is 13.1 Å². The van der Waals surface area contributed by atoms with Gasteiger partial charge in [-0.2, -0.15) is 4.31 Å². The third-order valence-corrected chi connectivity index (χ3v) is 6.28. The summed E-state index contributed by atoms with van der Waals surface area (Å²) in [4.78, 5) is 24.4. The normalized spacial score (nSPS) is 14.0. The number of sulfonamides is 1. The number of aryl methyl sites for hydroxylation is 2. The van der Waals surface area contributed by atoms with E-state index in [4.69, 9.17) is 4.52 Å². The van der Waals surface area contributed by atoms with Gasteiger partial charge in [-0.05, 0) is 40.5 Å². The summed E-state index contributed by atoms with van der Waals surface area (Å²) in [5.41, 5.74) is 0.183. The van der Waals surface area contributed by atoms with Gasteiger partial charge >= 0.3 is 0 Å². The maximum atomic E-state index is 13.1. The van der Waals surface area contributed by atoms with Crippen molar-refractivity contribution in [1.29, 1.82) is 0 Å². The smallest absolute Gasteiger partial charge is 0.249 e. The first-order valence-electron chi connectivity index (χ1n) is 9.04. The molecular formula is C17H30N4O5S. The van der Waals surface area contributed by atoms with Gasteiger partial charge in [0, 0.05) is 12.1 Å². The molecule has 2 amide bonds. The van der Waals surface area contributed by atoms with Gasteiger partial charge in [-0.1, -0.05) is 19.0 Å². The molecule has 0 bridgehead atoms. The number of hydrogen-bond donors (Lipinski definition) is 2. The van der Waals surface area contributed by atoms with Crippen LogP contribution in [0.25, 0.3) is 0 Å². The molecule has 10 heteroatoms. The Kier molecular flexibility index (Phi) is 8.42. The van der Waals surface area contributed by atoms with Gasteiger partial charge in [0.25, 0.3) is 0 Å². The SMILES string of the molecule is CCC(C)NC(=O)CN(CC(=O)NC(C)CC)S(=O)(=O)c1c(C)noc1C. The maximum absolute atomic E-state index is 13.1. The molecule has 2 unspecified atom stereocenters. The van der Waals surface area contributed by atoms with Crippen LogP contribution in [0.3, 0.4) is 0 Å². The van der Waals surface area contributed by atoms with E-state index >= 15 is 0 Å². The van der Waals surface area contributed by atoms with Crippen LogP contribution >= 0.6 is 0 Å². The van der Waals surface area contributed by atoms with E-state index in [0.29, 0.717) is 12.8 Å². The molecule has 1 aromatic rings. The Labute approximate surface area is 160 Å². The van der Waals surface area contributed by atoms with Crippen LogP contribution in [-0.4, -0.2) is 54.9 Å². The lowest BCUT2D eigenvalue weighted by molar-refractivity contribution is -0.124. The summed E-state index contributed by atoms with van der Waals surface area (Å²) >= 11 is 0. The first kappa shape index (κ1) is 23.1. The number of aromatic nitrogens is 1. The molecule has 1 rings (SSSR count). The lowest BCUT2D eigenvalue weighted by atomic mass is 10.2. The fourth-order valence-corrected chi connectivity index (χ4v) is 4.01. The standard InChI is InChI=1S/C17H30N4O5S/c1-7-11(3)18-15(22)9-21(10-16(23)19-12(4)8-2)27(24,25)17-13(5)20-26-14(17)6/h11-12H,7-10H2,1-6H3,(H,18,22)(H,19,23). The second kappa shape index (κ2) is 9.84. The molecule has 0 aliphatic rings. The summed E-state index contributed by atoms with van der Waals surface area (Å²) < 4.78 is 32.0. The van der Waals surface area contributed by atoms with Crippen molar-refractivity contribution in [3.05, 3.63) is 11.5 Å². The van der Waals surface area contributed by atoms with Gasteiger partial charge < -0.3 is 15.2 Å². The molecule has 1 heterocycles. The number of hydrogen-bond acceptors (Lipinski definition) is 6. The van der Waals surface area contributed by atoms with Crippen LogP contribution in [0.4, 0.5) is 0 Å². The maximum Gasteiger partial charge on any atom is 0.249 e. The van der Waals surface area contributed by atoms with Crippen LogP contribution in [-0.2, 0) is 19.6 Å². The number of nitrogens with one attached hydrogen (secondary N) is 2. The zero-order valence-corrected chi connectivity index (χ0v) is 17.6. The quantitative estimate of drug-likeness (QED) is 0.605. The predicted molar refractivity (Wildman–Crippen MR) is 101 cm³/mol. The lowest BCUT2D eigenvalue weighted by Gasteiger charge is -2.23. The Bertz CT molecular complexity index is 714. The van der Waals surface area contributed by atoms with E-state index in [0.717, 1.165) is 4.31 Å². The van der Waals surface area contributed by atoms with E-state index in [1.807, 2.05) is 27.7 Å². The number of rotatable bonds is 10. The van der Waals surface area contributed by atoms with Crippen molar-refractivity contribution < 1.29 is 22.5 Å². The fraction of sp³-hybridized carbons (Fsp3) is 0.706. The summed E-state index contributed by atoms with van der Waals surface area (Å²) in [5.74, 6) is -0.839. The molecule has 0 fully saturated rings. The Morgan fingerprint density at radius 3 is 1.81 bits per heavy atom. The molecule has 0 spiro atoms. The number of nitrogens with zero attached hydrogens (tertiary/aromatic N) is 2. The Morgan fingerprint density at radius 2 is 1.48 bits per heavy atom. The summed E-state index contributed by atoms with van der Waals surface area (Å²) in [7, 11) is -4.14. The van der Waals surface area contributed by atoms with Crippen molar-refractivity contribution in [2.24, 2.45) is 0 Å². The monoisotopic (exact) mass is 402 g/mol. The fourth-order valence-electron chi connectivity index (χ4n) is 2.36. The average molecular weight is 403 g/mol. The van der Waals surface area contributed by atoms with Gasteiger partial charge in [0.1, 0.15) is 10.6 Å². The van der Waals surface area contributed by atoms with E-state index < -0.39 is 34.9 Å². The lowest BCUT2D eigenvalue weighted by Crippen LogP contribution is -2.48. The molecule has 27 heavy (non-hydrogen) atoms. The van der Waals surface area contributed by atoms with Crippen molar-refractivity contribution in [1.82, 2.24) is 20.1 Å². The molecule has 0 aromatic carbocycles. The van der Waals surface area contributed by atoms with Crippen LogP contribution in [0.1, 0.15) is 52.0 Å². The predicted octanol–water partition coefficient (Wildman–Crippen LogP) is 1.11. The van der Waals surface area contributed by atoms with Crippen LogP contribution < -0.4 is 10.6 Å². The Morgan fingerprint density at radius 1 is 1.04 bits per heavy atom. The van der Waals surface area contributed by atoms with E-state index in [9.17, 15) is 18.0 Å². The molecule has 0 aliphatic carbocycles. The first-order valence-corrected chi connectivity index (χ1v) is 10.5. The Hall–Kier alpha value is -1.94. The minimum atomic E-state index is -4.14. The van der Waals surface area contributed by atoms with Crippen LogP contribution in [0.5, 0.6) is 0 Å². The van der Waals surface area contributed by atoms with Gasteiger partial charge in [0.15, 0.2) is 5.76 Å². The molecular weight excluding hydrogens is 372 g/mol. The molecule has 0 aliphatic heterocycles. The number of carbonyl (C=O) groups excluding carboxylic acids is 2. The zero-order valence-electron chi connectivity index (χ0n) is 16.8. The molecule has 2 atom stereocenters. The summed E-state index contributed by atoms with van der Waals surface area (Å²) in [6.07, 6.45) is 1.41. The average Bonchev–Trinajstić information content (AvgIpc) is 2.92. The summed E-state index contributed by atoms with van der Waals surface area (Å²) in [6, 6.07) is -0.204. The highest BCUT2D eigenvalue weighted by molar-refractivity contribution is 7.89. The third kappa shape index (κ3) is 6.31. The van der Waals surface area contributed by atoms with Gasteiger partial charge in [0.05, 0.1) is 13.1 Å². The molecule has 0 saturated carbocycles. The van der Waals surface area contributed by atoms with Crippen LogP contribution in [0.15, 0.2) is 9.42 Å². The second-order valence-corrected chi connectivity index (χ2v) is 8.55. The van der Waals surface area contributed by atoms with Crippen LogP contribution in [0, 0.1) is 13.8 Å². The second-order valence-electron chi connectivity index (χ2n) is 6.68. The number of carbonyl (C=O) groups is 2. The minimum absolute atomic E-state index is 0.102. The minimum Gasteiger partial charge on any atom is -0.360 e. The van der Waals surface area contributed by atoms with Gasteiger partial charge in [0.2, 0.25) is 21.8 Å². The highest BCUT2D eigenvalue weighted by atomic mass is 32.2. The molecule has 0 saturated heterocycles. The van der Waals surface area contributed by atoms with E-state index in [2.05, 4.69) is 15.8 Å². The third-order valence-electron chi connectivity index (χ3n) is 4.25. The Balaban J connectivity index is 3.13. The molecule has 154 valence electrons. The van der Waals surface area contributed by atoms with Crippen LogP contribution in [0.2, 0.25) is 0 Å². The van der Waals surface area contributed by atoms with Gasteiger partial charge in [-0.15, -0.1) is 0 Å². The summed E-state index contributed by atoms with van der Waals surface area (Å²) in [6.45, 7) is 9.49. The number of amides is 2. The van der Waals surface area contributed by atoms with Crippen molar-refractivity contribution in [2.45, 2.75) is 71.4 Å². The van der Waals surface area contributed by atoms with Crippen molar-refractivity contribution in [3.63, 3.8) is 0 Å². The molecule has 9 nitrogen and oxygen atoms in total. The van der Waals surface area contributed by atoms with Gasteiger partial charge in [-0.3, -0.25) is 9.59 Å². The van der Waals surface area contributed by atoms with E-state index in [1.165, 1.54) is 13.8 Å². The molecule has 1 aromatic heterocycles. The molecule has 2 N–H and O–H groups in total. The highest BCUT2D eigenvalue weighted by Crippen LogP contribution is 2.23. The van der Waals surface area contributed by atoms with Gasteiger partial charge in [-0.25, -0.2) is 8.42 Å². The zero-order chi connectivity index (χ0) is 20.8. The first-order chi connectivity index (χ1) is 12.5. The highest BCUT2D eigenvalue weighted by Gasteiger charge is 2.34. The van der Waals surface area contributed by atoms with E-state index in [1.54, 1.807) is 0 Å². The topological polar surface area (TPSA) is 122 Å². The largest absolute Gasteiger partial charge is 0.360 e. The molecule has 0 radical (unpaired) electrons.